The summed E-state index contributed by atoms with van der Waals surface area (Å²) in [4.78, 5) is 2.40. The first kappa shape index (κ1) is 13.5. The van der Waals surface area contributed by atoms with E-state index in [1.807, 2.05) is 0 Å². The van der Waals surface area contributed by atoms with Crippen molar-refractivity contribution in [3.63, 3.8) is 0 Å². The van der Waals surface area contributed by atoms with Crippen LogP contribution >= 0.6 is 0 Å². The van der Waals surface area contributed by atoms with Gasteiger partial charge in [-0.15, -0.1) is 0 Å². The second-order valence-electron chi connectivity index (χ2n) is 5.04. The van der Waals surface area contributed by atoms with Crippen LogP contribution in [-0.2, 0) is 4.74 Å². The van der Waals surface area contributed by atoms with Gasteiger partial charge in [0, 0.05) is 19.1 Å². The van der Waals surface area contributed by atoms with Gasteiger partial charge >= 0.3 is 0 Å². The molecule has 0 unspecified atom stereocenters. The van der Waals surface area contributed by atoms with Crippen molar-refractivity contribution in [1.29, 1.82) is 5.41 Å². The third-order valence-electron chi connectivity index (χ3n) is 3.03. The van der Waals surface area contributed by atoms with E-state index in [9.17, 15) is 0 Å². The highest BCUT2D eigenvalue weighted by molar-refractivity contribution is 5.79. The number of hydrogen-bond donors (Lipinski definition) is 2. The molecule has 1 aliphatic rings. The predicted molar refractivity (Wildman–Crippen MR) is 66.7 cm³/mol. The van der Waals surface area contributed by atoms with Crippen LogP contribution in [0.5, 0.6) is 0 Å². The van der Waals surface area contributed by atoms with Gasteiger partial charge in [0.2, 0.25) is 0 Å². The summed E-state index contributed by atoms with van der Waals surface area (Å²) < 4.78 is 5.56. The minimum absolute atomic E-state index is 0.313. The number of rotatable bonds is 6. The Morgan fingerprint density at radius 2 is 2.06 bits per heavy atom. The summed E-state index contributed by atoms with van der Waals surface area (Å²) in [5.74, 6) is 1.28. The van der Waals surface area contributed by atoms with Crippen molar-refractivity contribution in [1.82, 2.24) is 4.90 Å². The number of nitrogens with two attached hydrogens (primary N) is 1. The molecule has 1 saturated heterocycles. The molecule has 0 saturated carbocycles. The standard InChI is InChI=1S/C12H25N3O/c1-10(2)9-16-8-7-15-5-3-11(4-6-15)12(13)14/h10-11H,3-9H2,1-2H3,(H3,13,14). The zero-order valence-corrected chi connectivity index (χ0v) is 10.5. The van der Waals surface area contributed by atoms with Gasteiger partial charge in [-0.1, -0.05) is 13.8 Å². The fourth-order valence-corrected chi connectivity index (χ4v) is 1.98. The number of hydrogen-bond acceptors (Lipinski definition) is 3. The van der Waals surface area contributed by atoms with E-state index < -0.39 is 0 Å². The summed E-state index contributed by atoms with van der Waals surface area (Å²) in [6.07, 6.45) is 2.05. The fraction of sp³-hybridized carbons (Fsp3) is 0.917. The number of amidine groups is 1. The Morgan fingerprint density at radius 1 is 1.44 bits per heavy atom. The molecule has 0 amide bonds. The van der Waals surface area contributed by atoms with Gasteiger partial charge in [0.05, 0.1) is 12.4 Å². The Hall–Kier alpha value is -0.610. The first-order chi connectivity index (χ1) is 7.59. The number of piperidine rings is 1. The fourth-order valence-electron chi connectivity index (χ4n) is 1.98. The summed E-state index contributed by atoms with van der Waals surface area (Å²) in [5, 5.41) is 7.40. The van der Waals surface area contributed by atoms with Crippen LogP contribution in [-0.4, -0.2) is 43.6 Å². The van der Waals surface area contributed by atoms with Crippen molar-refractivity contribution in [2.45, 2.75) is 26.7 Å². The molecule has 0 aromatic rings. The van der Waals surface area contributed by atoms with Crippen LogP contribution in [0.4, 0.5) is 0 Å². The smallest absolute Gasteiger partial charge is 0.0937 e. The van der Waals surface area contributed by atoms with Gasteiger partial charge in [0.15, 0.2) is 0 Å². The Labute approximate surface area is 98.6 Å². The Balaban J connectivity index is 2.06. The summed E-state index contributed by atoms with van der Waals surface area (Å²) in [7, 11) is 0. The average Bonchev–Trinajstić information content (AvgIpc) is 2.25. The first-order valence-corrected chi connectivity index (χ1v) is 6.23. The summed E-state index contributed by atoms with van der Waals surface area (Å²) in [5.41, 5.74) is 5.51. The highest BCUT2D eigenvalue weighted by atomic mass is 16.5. The monoisotopic (exact) mass is 227 g/mol. The molecule has 0 atom stereocenters. The van der Waals surface area contributed by atoms with Crippen LogP contribution in [0, 0.1) is 17.2 Å². The summed E-state index contributed by atoms with van der Waals surface area (Å²) in [6.45, 7) is 9.12. The molecule has 0 bridgehead atoms. The number of nitrogens with one attached hydrogen (secondary N) is 1. The summed E-state index contributed by atoms with van der Waals surface area (Å²) >= 11 is 0. The molecule has 1 aliphatic heterocycles. The number of nitrogens with zero attached hydrogens (tertiary/aromatic N) is 1. The maximum Gasteiger partial charge on any atom is 0.0937 e. The van der Waals surface area contributed by atoms with E-state index in [-0.39, 0.29) is 0 Å². The average molecular weight is 227 g/mol. The molecule has 1 rings (SSSR count). The Morgan fingerprint density at radius 3 is 2.56 bits per heavy atom. The van der Waals surface area contributed by atoms with Crippen LogP contribution in [0.3, 0.4) is 0 Å². The molecular weight excluding hydrogens is 202 g/mol. The van der Waals surface area contributed by atoms with E-state index in [0.717, 1.165) is 45.7 Å². The van der Waals surface area contributed by atoms with E-state index in [1.54, 1.807) is 0 Å². The lowest BCUT2D eigenvalue weighted by atomic mass is 9.96. The quantitative estimate of drug-likeness (QED) is 0.408. The largest absolute Gasteiger partial charge is 0.387 e. The van der Waals surface area contributed by atoms with Crippen molar-refractivity contribution in [2.75, 3.05) is 32.8 Å². The maximum atomic E-state index is 7.40. The van der Waals surface area contributed by atoms with Crippen molar-refractivity contribution in [2.24, 2.45) is 17.6 Å². The molecule has 94 valence electrons. The lowest BCUT2D eigenvalue weighted by Crippen LogP contribution is -2.39. The molecule has 16 heavy (non-hydrogen) atoms. The topological polar surface area (TPSA) is 62.3 Å². The summed E-state index contributed by atoms with van der Waals surface area (Å²) in [6, 6.07) is 0. The minimum Gasteiger partial charge on any atom is -0.387 e. The third-order valence-corrected chi connectivity index (χ3v) is 3.03. The van der Waals surface area contributed by atoms with Gasteiger partial charge in [0.25, 0.3) is 0 Å². The molecule has 1 heterocycles. The van der Waals surface area contributed by atoms with Gasteiger partial charge in [0.1, 0.15) is 0 Å². The Kier molecular flexibility index (Phi) is 5.77. The zero-order valence-electron chi connectivity index (χ0n) is 10.5. The van der Waals surface area contributed by atoms with Crippen LogP contribution in [0.2, 0.25) is 0 Å². The molecule has 4 nitrogen and oxygen atoms in total. The van der Waals surface area contributed by atoms with E-state index in [4.69, 9.17) is 15.9 Å². The van der Waals surface area contributed by atoms with E-state index >= 15 is 0 Å². The van der Waals surface area contributed by atoms with Gasteiger partial charge in [-0.05, 0) is 31.8 Å². The SMILES string of the molecule is CC(C)COCCN1CCC(C(=N)N)CC1. The molecule has 0 spiro atoms. The minimum atomic E-state index is 0.313. The van der Waals surface area contributed by atoms with Crippen molar-refractivity contribution < 1.29 is 4.74 Å². The van der Waals surface area contributed by atoms with E-state index in [2.05, 4.69) is 18.7 Å². The highest BCUT2D eigenvalue weighted by Crippen LogP contribution is 2.16. The second-order valence-corrected chi connectivity index (χ2v) is 5.04. The van der Waals surface area contributed by atoms with Crippen molar-refractivity contribution in [3.05, 3.63) is 0 Å². The predicted octanol–water partition coefficient (Wildman–Crippen LogP) is 1.31. The number of ether oxygens (including phenoxy) is 1. The maximum absolute atomic E-state index is 7.40. The molecular formula is C12H25N3O. The molecule has 3 N–H and O–H groups in total. The van der Waals surface area contributed by atoms with Crippen LogP contribution in [0.1, 0.15) is 26.7 Å². The zero-order chi connectivity index (χ0) is 12.0. The highest BCUT2D eigenvalue weighted by Gasteiger charge is 2.20. The van der Waals surface area contributed by atoms with Crippen LogP contribution < -0.4 is 5.73 Å². The van der Waals surface area contributed by atoms with Gasteiger partial charge in [-0.2, -0.15) is 0 Å². The van der Waals surface area contributed by atoms with Crippen molar-refractivity contribution >= 4 is 5.84 Å². The van der Waals surface area contributed by atoms with Gasteiger partial charge in [-0.25, -0.2) is 0 Å². The van der Waals surface area contributed by atoms with Crippen LogP contribution in [0.25, 0.3) is 0 Å². The molecule has 1 fully saturated rings. The van der Waals surface area contributed by atoms with Crippen molar-refractivity contribution in [3.8, 4) is 0 Å². The first-order valence-electron chi connectivity index (χ1n) is 6.23. The molecule has 0 aromatic carbocycles. The normalized spacial score (nSPS) is 19.2. The van der Waals surface area contributed by atoms with E-state index in [1.165, 1.54) is 0 Å². The van der Waals surface area contributed by atoms with Crippen LogP contribution in [0.15, 0.2) is 0 Å². The number of likely N-dealkylation sites (tertiary alicyclic amines) is 1. The van der Waals surface area contributed by atoms with Gasteiger partial charge < -0.3 is 15.4 Å². The molecule has 0 aromatic heterocycles. The van der Waals surface area contributed by atoms with E-state index in [0.29, 0.717) is 17.7 Å². The molecule has 0 radical (unpaired) electrons. The molecule has 4 heteroatoms. The Bertz CT molecular complexity index is 210. The van der Waals surface area contributed by atoms with Gasteiger partial charge in [-0.3, -0.25) is 5.41 Å². The third kappa shape index (κ3) is 4.94. The molecule has 0 aliphatic carbocycles. The lowest BCUT2D eigenvalue weighted by molar-refractivity contribution is 0.0774. The second kappa shape index (κ2) is 6.86. The lowest BCUT2D eigenvalue weighted by Gasteiger charge is -2.31.